The summed E-state index contributed by atoms with van der Waals surface area (Å²) in [4.78, 5) is 4.35. The van der Waals surface area contributed by atoms with Gasteiger partial charge in [0, 0.05) is 24.0 Å². The van der Waals surface area contributed by atoms with E-state index in [0.717, 1.165) is 21.8 Å². The number of benzene rings is 1. The molecule has 0 aliphatic heterocycles. The molecule has 0 unspecified atom stereocenters. The zero-order valence-corrected chi connectivity index (χ0v) is 9.78. The average Bonchev–Trinajstić information content (AvgIpc) is 2.62. The molecule has 0 atom stereocenters. The molecule has 0 N–H and O–H groups in total. The molecule has 80 valence electrons. The molecule has 0 radical (unpaired) electrons. The van der Waals surface area contributed by atoms with Crippen LogP contribution in [0.5, 0.6) is 0 Å². The topological polar surface area (TPSA) is 30.7 Å². The molecule has 16 heavy (non-hydrogen) atoms. The lowest BCUT2D eigenvalue weighted by Gasteiger charge is -2.01. The molecule has 2 aromatic heterocycles. The number of fused-ring (bicyclic) bond motifs is 3. The van der Waals surface area contributed by atoms with Crippen LogP contribution >= 0.6 is 11.6 Å². The minimum atomic E-state index is 0.465. The first-order valence-corrected chi connectivity index (χ1v) is 5.42. The summed E-state index contributed by atoms with van der Waals surface area (Å²) in [7, 11) is 1.89. The predicted molar refractivity (Wildman–Crippen MR) is 65.8 cm³/mol. The Morgan fingerprint density at radius 2 is 2.06 bits per heavy atom. The van der Waals surface area contributed by atoms with Gasteiger partial charge in [0.05, 0.1) is 5.52 Å². The third-order valence-corrected chi connectivity index (χ3v) is 2.95. The Bertz CT molecular complexity index is 700. The lowest BCUT2D eigenvalue weighted by atomic mass is 10.1. The quantitative estimate of drug-likeness (QED) is 0.557. The van der Waals surface area contributed by atoms with Crippen LogP contribution in [0.1, 0.15) is 5.56 Å². The third kappa shape index (κ3) is 1.28. The molecule has 0 fully saturated rings. The molecule has 0 aliphatic carbocycles. The van der Waals surface area contributed by atoms with Gasteiger partial charge in [0.1, 0.15) is 5.52 Å². The average molecular weight is 232 g/mol. The van der Waals surface area contributed by atoms with Crippen LogP contribution in [0.4, 0.5) is 0 Å². The summed E-state index contributed by atoms with van der Waals surface area (Å²) in [5.74, 6) is 0. The van der Waals surface area contributed by atoms with Crippen molar-refractivity contribution in [3.05, 3.63) is 35.1 Å². The second kappa shape index (κ2) is 3.19. The van der Waals surface area contributed by atoms with Gasteiger partial charge < -0.3 is 0 Å². The second-order valence-corrected chi connectivity index (χ2v) is 4.35. The molecular weight excluding hydrogens is 222 g/mol. The van der Waals surface area contributed by atoms with Crippen molar-refractivity contribution >= 4 is 33.4 Å². The molecule has 1 aromatic carbocycles. The molecule has 3 aromatic rings. The van der Waals surface area contributed by atoms with E-state index >= 15 is 0 Å². The summed E-state index contributed by atoms with van der Waals surface area (Å²) in [6.07, 6.45) is 1.98. The summed E-state index contributed by atoms with van der Waals surface area (Å²) in [5.41, 5.74) is 2.89. The van der Waals surface area contributed by atoms with Crippen LogP contribution in [0.25, 0.3) is 21.8 Å². The Morgan fingerprint density at radius 3 is 2.88 bits per heavy atom. The van der Waals surface area contributed by atoms with Crippen LogP contribution in [0.15, 0.2) is 24.4 Å². The highest BCUT2D eigenvalue weighted by atomic mass is 35.5. The Kier molecular flexibility index (Phi) is 1.91. The van der Waals surface area contributed by atoms with Gasteiger partial charge in [0.2, 0.25) is 0 Å². The van der Waals surface area contributed by atoms with E-state index in [-0.39, 0.29) is 0 Å². The van der Waals surface area contributed by atoms with Crippen molar-refractivity contribution in [1.29, 1.82) is 0 Å². The summed E-state index contributed by atoms with van der Waals surface area (Å²) in [5, 5.41) is 6.94. The van der Waals surface area contributed by atoms with E-state index in [0.29, 0.717) is 5.15 Å². The number of pyridine rings is 1. The Hall–Kier alpha value is -1.61. The molecule has 0 amide bonds. The highest BCUT2D eigenvalue weighted by Crippen LogP contribution is 2.28. The van der Waals surface area contributed by atoms with Crippen molar-refractivity contribution in [2.45, 2.75) is 6.92 Å². The molecule has 4 heteroatoms. The zero-order valence-electron chi connectivity index (χ0n) is 9.03. The fraction of sp³-hybridized carbons (Fsp3) is 0.167. The van der Waals surface area contributed by atoms with Gasteiger partial charge in [-0.2, -0.15) is 5.10 Å². The van der Waals surface area contributed by atoms with Gasteiger partial charge in [-0.25, -0.2) is 4.98 Å². The minimum absolute atomic E-state index is 0.465. The number of aryl methyl sites for hydroxylation is 2. The van der Waals surface area contributed by atoms with Crippen LogP contribution in [-0.2, 0) is 7.05 Å². The van der Waals surface area contributed by atoms with E-state index in [1.165, 1.54) is 5.56 Å². The molecule has 3 rings (SSSR count). The van der Waals surface area contributed by atoms with Crippen LogP contribution < -0.4 is 0 Å². The standard InChI is InChI=1S/C12H10ClN3/c1-7-3-4-10-8(5-7)9-6-16(2)15-11(9)12(13)14-10/h3-6H,1-2H3. The number of hydrogen-bond donors (Lipinski definition) is 0. The van der Waals surface area contributed by atoms with E-state index in [2.05, 4.69) is 23.1 Å². The molecule has 0 saturated carbocycles. The molecule has 3 nitrogen and oxygen atoms in total. The first-order chi connectivity index (χ1) is 7.65. The highest BCUT2D eigenvalue weighted by molar-refractivity contribution is 6.35. The van der Waals surface area contributed by atoms with Gasteiger partial charge in [-0.05, 0) is 19.1 Å². The zero-order chi connectivity index (χ0) is 11.3. The number of rotatable bonds is 0. The molecule has 0 bridgehead atoms. The van der Waals surface area contributed by atoms with Gasteiger partial charge in [-0.1, -0.05) is 23.2 Å². The summed E-state index contributed by atoms with van der Waals surface area (Å²) in [6, 6.07) is 6.14. The normalized spacial score (nSPS) is 11.4. The van der Waals surface area contributed by atoms with Crippen LogP contribution in [0, 0.1) is 6.92 Å². The minimum Gasteiger partial charge on any atom is -0.274 e. The Morgan fingerprint density at radius 1 is 1.25 bits per heavy atom. The van der Waals surface area contributed by atoms with Crippen LogP contribution in [0.2, 0.25) is 5.15 Å². The van der Waals surface area contributed by atoms with Gasteiger partial charge in [-0.3, -0.25) is 4.68 Å². The predicted octanol–water partition coefficient (Wildman–Crippen LogP) is 3.08. The van der Waals surface area contributed by atoms with E-state index in [1.807, 2.05) is 25.4 Å². The van der Waals surface area contributed by atoms with E-state index in [9.17, 15) is 0 Å². The number of hydrogen-bond acceptors (Lipinski definition) is 2. The maximum atomic E-state index is 6.10. The Balaban J connectivity index is 2.59. The summed E-state index contributed by atoms with van der Waals surface area (Å²) >= 11 is 6.10. The Labute approximate surface area is 97.7 Å². The highest BCUT2D eigenvalue weighted by Gasteiger charge is 2.09. The van der Waals surface area contributed by atoms with Crippen molar-refractivity contribution < 1.29 is 0 Å². The summed E-state index contributed by atoms with van der Waals surface area (Å²) in [6.45, 7) is 2.07. The van der Waals surface area contributed by atoms with Crippen molar-refractivity contribution in [3.8, 4) is 0 Å². The summed E-state index contributed by atoms with van der Waals surface area (Å²) < 4.78 is 1.76. The van der Waals surface area contributed by atoms with Crippen molar-refractivity contribution in [3.63, 3.8) is 0 Å². The number of nitrogens with zero attached hydrogens (tertiary/aromatic N) is 3. The van der Waals surface area contributed by atoms with E-state index < -0.39 is 0 Å². The maximum Gasteiger partial charge on any atom is 0.157 e. The first kappa shape index (κ1) is 9.60. The molecular formula is C12H10ClN3. The largest absolute Gasteiger partial charge is 0.274 e. The van der Waals surface area contributed by atoms with Gasteiger partial charge in [0.25, 0.3) is 0 Å². The number of halogens is 1. The third-order valence-electron chi connectivity index (χ3n) is 2.69. The maximum absolute atomic E-state index is 6.10. The SMILES string of the molecule is Cc1ccc2nc(Cl)c3nn(C)cc3c2c1. The fourth-order valence-corrected chi connectivity index (χ4v) is 2.19. The monoisotopic (exact) mass is 231 g/mol. The lowest BCUT2D eigenvalue weighted by Crippen LogP contribution is -1.86. The molecule has 0 saturated heterocycles. The van der Waals surface area contributed by atoms with Crippen LogP contribution in [0.3, 0.4) is 0 Å². The number of aromatic nitrogens is 3. The van der Waals surface area contributed by atoms with Gasteiger partial charge in [-0.15, -0.1) is 0 Å². The van der Waals surface area contributed by atoms with Gasteiger partial charge >= 0.3 is 0 Å². The first-order valence-electron chi connectivity index (χ1n) is 5.04. The lowest BCUT2D eigenvalue weighted by molar-refractivity contribution is 0.779. The molecule has 0 aliphatic rings. The second-order valence-electron chi connectivity index (χ2n) is 3.99. The van der Waals surface area contributed by atoms with Crippen LogP contribution in [-0.4, -0.2) is 14.8 Å². The van der Waals surface area contributed by atoms with E-state index in [1.54, 1.807) is 4.68 Å². The molecule has 0 spiro atoms. The smallest absolute Gasteiger partial charge is 0.157 e. The van der Waals surface area contributed by atoms with Crippen molar-refractivity contribution in [2.75, 3.05) is 0 Å². The van der Waals surface area contributed by atoms with Crippen molar-refractivity contribution in [2.24, 2.45) is 7.05 Å². The fourth-order valence-electron chi connectivity index (χ4n) is 1.96. The van der Waals surface area contributed by atoms with E-state index in [4.69, 9.17) is 11.6 Å². The van der Waals surface area contributed by atoms with Gasteiger partial charge in [0.15, 0.2) is 5.15 Å². The van der Waals surface area contributed by atoms with Crippen molar-refractivity contribution in [1.82, 2.24) is 14.8 Å². The molecule has 2 heterocycles.